The van der Waals surface area contributed by atoms with Gasteiger partial charge in [0.15, 0.2) is 0 Å². The molecule has 0 aromatic heterocycles. The fourth-order valence-corrected chi connectivity index (χ4v) is 3.57. The normalized spacial score (nSPS) is 14.7. The van der Waals surface area contributed by atoms with Crippen LogP contribution in [0.1, 0.15) is 33.0 Å². The molecule has 3 aromatic rings. The highest BCUT2D eigenvalue weighted by Crippen LogP contribution is 2.43. The zero-order chi connectivity index (χ0) is 22.8. The third-order valence-corrected chi connectivity index (χ3v) is 5.13. The van der Waals surface area contributed by atoms with Crippen LogP contribution in [-0.4, -0.2) is 10.9 Å². The molecular formula is C24H17N3O5. The highest BCUT2D eigenvalue weighted by atomic mass is 16.6. The maximum atomic E-state index is 12.5. The Bertz CT molecular complexity index is 1310. The van der Waals surface area contributed by atoms with Gasteiger partial charge >= 0.3 is 5.97 Å². The second-order valence-electron chi connectivity index (χ2n) is 7.20. The van der Waals surface area contributed by atoms with Crippen molar-refractivity contribution in [2.24, 2.45) is 5.73 Å². The summed E-state index contributed by atoms with van der Waals surface area (Å²) in [6, 6.07) is 20.1. The van der Waals surface area contributed by atoms with Crippen molar-refractivity contribution >= 4 is 11.7 Å². The average molecular weight is 427 g/mol. The summed E-state index contributed by atoms with van der Waals surface area (Å²) in [4.78, 5) is 23.1. The molecule has 0 saturated heterocycles. The van der Waals surface area contributed by atoms with E-state index in [2.05, 4.69) is 6.07 Å². The number of para-hydroxylation sites is 1. The molecule has 0 fully saturated rings. The molecule has 1 unspecified atom stereocenters. The minimum absolute atomic E-state index is 0.0345. The summed E-state index contributed by atoms with van der Waals surface area (Å²) >= 11 is 0. The molecule has 1 heterocycles. The van der Waals surface area contributed by atoms with E-state index >= 15 is 0 Å². The zero-order valence-electron chi connectivity index (χ0n) is 16.9. The van der Waals surface area contributed by atoms with Crippen LogP contribution in [0.15, 0.2) is 78.2 Å². The van der Waals surface area contributed by atoms with Gasteiger partial charge in [0.1, 0.15) is 28.7 Å². The van der Waals surface area contributed by atoms with Crippen molar-refractivity contribution in [3.05, 3.63) is 111 Å². The van der Waals surface area contributed by atoms with Crippen LogP contribution in [0.3, 0.4) is 0 Å². The number of allylic oxidation sites excluding steroid dienone is 1. The van der Waals surface area contributed by atoms with Gasteiger partial charge in [-0.3, -0.25) is 10.1 Å². The van der Waals surface area contributed by atoms with Crippen LogP contribution in [0.4, 0.5) is 5.69 Å². The van der Waals surface area contributed by atoms with Gasteiger partial charge in [0.25, 0.3) is 5.69 Å². The number of nitrogens with two attached hydrogens (primary N) is 1. The standard InChI is InChI=1S/C24H17N3O5/c1-14-6-8-15(9-7-14)22-18-11-10-16(12-21(18)32-23(26)19(22)13-25)31-24(28)17-4-2-3-5-20(17)27(29)30/h2-12,22H,26H2,1H3. The van der Waals surface area contributed by atoms with Crippen molar-refractivity contribution in [1.82, 2.24) is 0 Å². The second kappa shape index (κ2) is 8.24. The minimum Gasteiger partial charge on any atom is -0.440 e. The lowest BCUT2D eigenvalue weighted by atomic mass is 9.83. The van der Waals surface area contributed by atoms with Crippen LogP contribution in [0.5, 0.6) is 11.5 Å². The van der Waals surface area contributed by atoms with Gasteiger partial charge in [-0.05, 0) is 24.6 Å². The first-order chi connectivity index (χ1) is 15.4. The first kappa shape index (κ1) is 20.6. The van der Waals surface area contributed by atoms with Crippen molar-refractivity contribution in [3.63, 3.8) is 0 Å². The van der Waals surface area contributed by atoms with E-state index in [9.17, 15) is 20.2 Å². The molecule has 0 spiro atoms. The summed E-state index contributed by atoms with van der Waals surface area (Å²) in [5, 5.41) is 20.8. The van der Waals surface area contributed by atoms with Gasteiger partial charge in [0.2, 0.25) is 5.88 Å². The number of esters is 1. The number of nitriles is 1. The Morgan fingerprint density at radius 2 is 1.88 bits per heavy atom. The van der Waals surface area contributed by atoms with Gasteiger partial charge in [0, 0.05) is 17.7 Å². The Morgan fingerprint density at radius 1 is 1.16 bits per heavy atom. The zero-order valence-corrected chi connectivity index (χ0v) is 16.9. The molecular weight excluding hydrogens is 410 g/mol. The number of carbonyl (C=O) groups is 1. The lowest BCUT2D eigenvalue weighted by Gasteiger charge is -2.26. The first-order valence-electron chi connectivity index (χ1n) is 9.62. The highest BCUT2D eigenvalue weighted by Gasteiger charge is 2.31. The number of nitro groups is 1. The van der Waals surface area contributed by atoms with Gasteiger partial charge < -0.3 is 15.2 Å². The molecule has 8 heteroatoms. The van der Waals surface area contributed by atoms with E-state index in [1.54, 1.807) is 12.1 Å². The number of nitrogens with zero attached hydrogens (tertiary/aromatic N) is 2. The van der Waals surface area contributed by atoms with Crippen LogP contribution in [0.2, 0.25) is 0 Å². The van der Waals surface area contributed by atoms with Crippen LogP contribution < -0.4 is 15.2 Å². The molecule has 0 radical (unpaired) electrons. The summed E-state index contributed by atoms with van der Waals surface area (Å²) in [5.74, 6) is -0.885. The van der Waals surface area contributed by atoms with Crippen molar-refractivity contribution < 1.29 is 19.2 Å². The fraction of sp³-hybridized carbons (Fsp3) is 0.0833. The SMILES string of the molecule is Cc1ccc(C2C(C#N)=C(N)Oc3cc(OC(=O)c4ccccc4[N+](=O)[O-])ccc32)cc1. The van der Waals surface area contributed by atoms with Crippen molar-refractivity contribution in [3.8, 4) is 17.6 Å². The summed E-state index contributed by atoms with van der Waals surface area (Å²) in [6.07, 6.45) is 0. The maximum absolute atomic E-state index is 12.5. The predicted octanol–water partition coefficient (Wildman–Crippen LogP) is 4.34. The molecule has 0 bridgehead atoms. The van der Waals surface area contributed by atoms with Crippen molar-refractivity contribution in [2.75, 3.05) is 0 Å². The number of benzene rings is 3. The highest BCUT2D eigenvalue weighted by molar-refractivity contribution is 5.95. The molecule has 1 aliphatic heterocycles. The molecule has 3 aromatic carbocycles. The summed E-state index contributed by atoms with van der Waals surface area (Å²) in [5.41, 5.74) is 8.40. The Hall–Kier alpha value is -4.64. The van der Waals surface area contributed by atoms with Crippen molar-refractivity contribution in [2.45, 2.75) is 12.8 Å². The van der Waals surface area contributed by atoms with E-state index in [-0.39, 0.29) is 28.5 Å². The Kier molecular flexibility index (Phi) is 5.31. The van der Waals surface area contributed by atoms with Gasteiger partial charge in [-0.1, -0.05) is 48.0 Å². The number of hydrogen-bond acceptors (Lipinski definition) is 7. The predicted molar refractivity (Wildman–Crippen MR) is 115 cm³/mol. The number of hydrogen-bond donors (Lipinski definition) is 1. The van der Waals surface area contributed by atoms with E-state index in [4.69, 9.17) is 15.2 Å². The fourth-order valence-electron chi connectivity index (χ4n) is 3.57. The molecule has 0 saturated carbocycles. The second-order valence-corrected chi connectivity index (χ2v) is 7.20. The number of aryl methyl sites for hydroxylation is 1. The monoisotopic (exact) mass is 427 g/mol. The molecule has 158 valence electrons. The molecule has 0 aliphatic carbocycles. The third kappa shape index (κ3) is 3.75. The number of rotatable bonds is 4. The minimum atomic E-state index is -0.871. The van der Waals surface area contributed by atoms with E-state index < -0.39 is 16.8 Å². The molecule has 1 aliphatic rings. The van der Waals surface area contributed by atoms with Crippen LogP contribution in [0.25, 0.3) is 0 Å². The smallest absolute Gasteiger partial charge is 0.350 e. The number of fused-ring (bicyclic) bond motifs is 1. The van der Waals surface area contributed by atoms with Gasteiger partial charge in [0.05, 0.1) is 10.8 Å². The molecule has 2 N–H and O–H groups in total. The summed E-state index contributed by atoms with van der Waals surface area (Å²) in [7, 11) is 0. The molecule has 32 heavy (non-hydrogen) atoms. The molecule has 4 rings (SSSR count). The summed E-state index contributed by atoms with van der Waals surface area (Å²) in [6.45, 7) is 1.97. The van der Waals surface area contributed by atoms with Crippen LogP contribution in [-0.2, 0) is 0 Å². The topological polar surface area (TPSA) is 128 Å². The van der Waals surface area contributed by atoms with Crippen LogP contribution >= 0.6 is 0 Å². The number of ether oxygens (including phenoxy) is 2. The summed E-state index contributed by atoms with van der Waals surface area (Å²) < 4.78 is 11.0. The molecule has 1 atom stereocenters. The largest absolute Gasteiger partial charge is 0.440 e. The average Bonchev–Trinajstić information content (AvgIpc) is 2.78. The maximum Gasteiger partial charge on any atom is 0.350 e. The van der Waals surface area contributed by atoms with Crippen molar-refractivity contribution in [1.29, 1.82) is 5.26 Å². The Morgan fingerprint density at radius 3 is 2.56 bits per heavy atom. The molecule has 0 amide bonds. The van der Waals surface area contributed by atoms with E-state index in [0.29, 0.717) is 11.3 Å². The van der Waals surface area contributed by atoms with Gasteiger partial charge in [-0.2, -0.15) is 5.26 Å². The van der Waals surface area contributed by atoms with E-state index in [1.165, 1.54) is 30.3 Å². The van der Waals surface area contributed by atoms with Gasteiger partial charge in [-0.25, -0.2) is 4.79 Å². The lowest BCUT2D eigenvalue weighted by molar-refractivity contribution is -0.385. The van der Waals surface area contributed by atoms with E-state index in [1.807, 2.05) is 31.2 Å². The number of carbonyl (C=O) groups excluding carboxylic acids is 1. The van der Waals surface area contributed by atoms with Crippen LogP contribution in [0, 0.1) is 28.4 Å². The lowest BCUT2D eigenvalue weighted by Crippen LogP contribution is -2.21. The quantitative estimate of drug-likeness (QED) is 0.284. The number of nitro benzene ring substituents is 1. The molecule has 8 nitrogen and oxygen atoms in total. The van der Waals surface area contributed by atoms with Gasteiger partial charge in [-0.15, -0.1) is 0 Å². The Labute approximate surface area is 183 Å². The van der Waals surface area contributed by atoms with E-state index in [0.717, 1.165) is 11.1 Å². The Balaban J connectivity index is 1.70. The third-order valence-electron chi connectivity index (χ3n) is 5.13. The first-order valence-corrected chi connectivity index (χ1v) is 9.62.